The predicted molar refractivity (Wildman–Crippen MR) is 70.4 cm³/mol. The molecular weight excluding hydrogens is 300 g/mol. The number of nitrogens with zero attached hydrogens (tertiary/aromatic N) is 3. The largest absolute Gasteiger partial charge is 0.454 e. The Morgan fingerprint density at radius 2 is 2.23 bits per heavy atom. The lowest BCUT2D eigenvalue weighted by Crippen LogP contribution is -2.10. The van der Waals surface area contributed by atoms with E-state index in [9.17, 15) is 23.7 Å². The first-order valence-electron chi connectivity index (χ1n) is 6.12. The van der Waals surface area contributed by atoms with Gasteiger partial charge < -0.3 is 4.74 Å². The molecule has 2 aromatic rings. The second-order valence-electron chi connectivity index (χ2n) is 4.36. The van der Waals surface area contributed by atoms with Crippen molar-refractivity contribution in [3.05, 3.63) is 57.7 Å². The van der Waals surface area contributed by atoms with Gasteiger partial charge >= 0.3 is 12.5 Å². The third-order valence-electron chi connectivity index (χ3n) is 2.93. The highest BCUT2D eigenvalue weighted by atomic mass is 19.3. The number of carbonyl (C=O) groups is 1. The number of hydrogen-bond donors (Lipinski definition) is 0. The molecule has 0 atom stereocenters. The van der Waals surface area contributed by atoms with Crippen LogP contribution in [0.2, 0.25) is 0 Å². The summed E-state index contributed by atoms with van der Waals surface area (Å²) in [4.78, 5) is 25.7. The average molecular weight is 311 g/mol. The van der Waals surface area contributed by atoms with Crippen LogP contribution in [0.15, 0.2) is 30.6 Å². The molecule has 0 spiro atoms. The van der Waals surface area contributed by atoms with E-state index in [0.29, 0.717) is 10.1 Å². The molecule has 9 heteroatoms. The van der Waals surface area contributed by atoms with Gasteiger partial charge in [0, 0.05) is 24.0 Å². The molecule has 0 aliphatic rings. The molecular formula is C13H11F2N3O4. The maximum atomic E-state index is 12.6. The van der Waals surface area contributed by atoms with E-state index >= 15 is 0 Å². The fraction of sp³-hybridized carbons (Fsp3) is 0.231. The average Bonchev–Trinajstić information content (AvgIpc) is 2.93. The highest BCUT2D eigenvalue weighted by Gasteiger charge is 2.17. The van der Waals surface area contributed by atoms with E-state index in [1.807, 2.05) is 0 Å². The van der Waals surface area contributed by atoms with Crippen molar-refractivity contribution in [3.8, 4) is 0 Å². The molecule has 0 aliphatic heterocycles. The quantitative estimate of drug-likeness (QED) is 0.481. The Labute approximate surface area is 123 Å². The first-order valence-corrected chi connectivity index (χ1v) is 6.12. The number of aryl methyl sites for hydroxylation is 1. The Kier molecular flexibility index (Phi) is 4.44. The Balaban J connectivity index is 2.11. The Hall–Kier alpha value is -2.84. The van der Waals surface area contributed by atoms with Gasteiger partial charge in [0.1, 0.15) is 6.61 Å². The van der Waals surface area contributed by atoms with Gasteiger partial charge in [0.2, 0.25) is 0 Å². The summed E-state index contributed by atoms with van der Waals surface area (Å²) in [7, 11) is 0. The summed E-state index contributed by atoms with van der Waals surface area (Å²) in [5.41, 5.74) is 0.144. The number of halogens is 2. The minimum absolute atomic E-state index is 0.0348. The van der Waals surface area contributed by atoms with Gasteiger partial charge in [0.15, 0.2) is 5.82 Å². The van der Waals surface area contributed by atoms with E-state index in [1.54, 1.807) is 0 Å². The molecule has 0 aliphatic carbocycles. The molecule has 0 saturated heterocycles. The molecule has 0 amide bonds. The van der Waals surface area contributed by atoms with Crippen LogP contribution < -0.4 is 0 Å². The number of benzene rings is 1. The van der Waals surface area contributed by atoms with E-state index < -0.39 is 24.0 Å². The second-order valence-corrected chi connectivity index (χ2v) is 4.36. The van der Waals surface area contributed by atoms with Crippen molar-refractivity contribution in [2.24, 2.45) is 0 Å². The van der Waals surface area contributed by atoms with Crippen LogP contribution in [-0.4, -0.2) is 20.4 Å². The number of nitro benzene ring substituents is 1. The van der Waals surface area contributed by atoms with E-state index in [1.165, 1.54) is 19.1 Å². The normalized spacial score (nSPS) is 10.7. The van der Waals surface area contributed by atoms with E-state index in [2.05, 4.69) is 4.98 Å². The van der Waals surface area contributed by atoms with Crippen LogP contribution in [0, 0.1) is 17.0 Å². The fourth-order valence-corrected chi connectivity index (χ4v) is 1.78. The van der Waals surface area contributed by atoms with Gasteiger partial charge in [-0.1, -0.05) is 6.07 Å². The first-order chi connectivity index (χ1) is 10.4. The van der Waals surface area contributed by atoms with Gasteiger partial charge in [0.25, 0.3) is 5.69 Å². The summed E-state index contributed by atoms with van der Waals surface area (Å²) in [6.45, 7) is -1.72. The molecule has 116 valence electrons. The smallest absolute Gasteiger partial charge is 0.338 e. The van der Waals surface area contributed by atoms with Crippen LogP contribution in [0.4, 0.5) is 14.5 Å². The van der Waals surface area contributed by atoms with Crippen molar-refractivity contribution in [2.45, 2.75) is 20.1 Å². The standard InChI is InChI=1S/C13H11F2N3O4/c1-8-2-3-9(6-10(8)18(20)21)12(19)22-7-11-16-4-5-17(11)13(14)15/h2-6,13H,7H2,1H3. The maximum absolute atomic E-state index is 12.6. The summed E-state index contributed by atoms with van der Waals surface area (Å²) in [6.07, 6.45) is 2.22. The molecule has 0 N–H and O–H groups in total. The number of rotatable bonds is 5. The molecule has 0 radical (unpaired) electrons. The first kappa shape index (κ1) is 15.5. The van der Waals surface area contributed by atoms with Crippen LogP contribution in [0.25, 0.3) is 0 Å². The summed E-state index contributed by atoms with van der Waals surface area (Å²) >= 11 is 0. The van der Waals surface area contributed by atoms with Gasteiger partial charge in [-0.15, -0.1) is 0 Å². The highest BCUT2D eigenvalue weighted by Crippen LogP contribution is 2.20. The van der Waals surface area contributed by atoms with Crippen LogP contribution in [-0.2, 0) is 11.3 Å². The Bertz CT molecular complexity index is 715. The van der Waals surface area contributed by atoms with Crippen LogP contribution in [0.1, 0.15) is 28.3 Å². The SMILES string of the molecule is Cc1ccc(C(=O)OCc2nccn2C(F)F)cc1[N+](=O)[O-]. The third-order valence-corrected chi connectivity index (χ3v) is 2.93. The number of hydrogen-bond acceptors (Lipinski definition) is 5. The lowest BCUT2D eigenvalue weighted by Gasteiger charge is -2.08. The van der Waals surface area contributed by atoms with Crippen molar-refractivity contribution in [1.29, 1.82) is 0 Å². The van der Waals surface area contributed by atoms with Gasteiger partial charge in [-0.2, -0.15) is 8.78 Å². The third kappa shape index (κ3) is 3.25. The number of nitro groups is 1. The minimum atomic E-state index is -2.79. The number of ether oxygens (including phenoxy) is 1. The molecule has 1 aromatic heterocycles. The zero-order chi connectivity index (χ0) is 16.3. The van der Waals surface area contributed by atoms with Crippen LogP contribution >= 0.6 is 0 Å². The van der Waals surface area contributed by atoms with E-state index in [0.717, 1.165) is 18.5 Å². The predicted octanol–water partition coefficient (Wildman–Crippen LogP) is 2.85. The molecule has 0 saturated carbocycles. The molecule has 22 heavy (non-hydrogen) atoms. The van der Waals surface area contributed by atoms with Crippen molar-refractivity contribution in [2.75, 3.05) is 0 Å². The van der Waals surface area contributed by atoms with Gasteiger partial charge in [-0.25, -0.2) is 9.78 Å². The highest BCUT2D eigenvalue weighted by molar-refractivity contribution is 5.90. The molecule has 0 fully saturated rings. The summed E-state index contributed by atoms with van der Waals surface area (Å²) in [6, 6.07) is 3.86. The van der Waals surface area contributed by atoms with Crippen molar-refractivity contribution < 1.29 is 23.2 Å². The Morgan fingerprint density at radius 1 is 1.50 bits per heavy atom. The number of esters is 1. The van der Waals surface area contributed by atoms with Crippen molar-refractivity contribution in [3.63, 3.8) is 0 Å². The molecule has 1 aromatic carbocycles. The van der Waals surface area contributed by atoms with Gasteiger partial charge in [-0.3, -0.25) is 14.7 Å². The molecule has 0 bridgehead atoms. The number of alkyl halides is 2. The molecule has 1 heterocycles. The number of aromatic nitrogens is 2. The van der Waals surface area contributed by atoms with Crippen LogP contribution in [0.3, 0.4) is 0 Å². The van der Waals surface area contributed by atoms with Crippen molar-refractivity contribution >= 4 is 11.7 Å². The fourth-order valence-electron chi connectivity index (χ4n) is 1.78. The van der Waals surface area contributed by atoms with E-state index in [-0.39, 0.29) is 17.1 Å². The van der Waals surface area contributed by atoms with Gasteiger partial charge in [0.05, 0.1) is 10.5 Å². The second kappa shape index (κ2) is 6.29. The number of imidazole rings is 1. The maximum Gasteiger partial charge on any atom is 0.338 e. The zero-order valence-electron chi connectivity index (χ0n) is 11.4. The summed E-state index contributed by atoms with van der Waals surface area (Å²) in [5.74, 6) is -0.975. The monoisotopic (exact) mass is 311 g/mol. The van der Waals surface area contributed by atoms with Crippen molar-refractivity contribution in [1.82, 2.24) is 9.55 Å². The topological polar surface area (TPSA) is 87.3 Å². The number of carbonyl (C=O) groups excluding carboxylic acids is 1. The van der Waals surface area contributed by atoms with Gasteiger partial charge in [-0.05, 0) is 13.0 Å². The summed E-state index contributed by atoms with van der Waals surface area (Å²) < 4.78 is 30.6. The summed E-state index contributed by atoms with van der Waals surface area (Å²) in [5, 5.41) is 10.8. The lowest BCUT2D eigenvalue weighted by molar-refractivity contribution is -0.385. The lowest BCUT2D eigenvalue weighted by atomic mass is 10.1. The minimum Gasteiger partial charge on any atom is -0.454 e. The Morgan fingerprint density at radius 3 is 2.86 bits per heavy atom. The molecule has 0 unspecified atom stereocenters. The molecule has 7 nitrogen and oxygen atoms in total. The molecule has 2 rings (SSSR count). The van der Waals surface area contributed by atoms with E-state index in [4.69, 9.17) is 4.74 Å². The van der Waals surface area contributed by atoms with Crippen LogP contribution in [0.5, 0.6) is 0 Å². The zero-order valence-corrected chi connectivity index (χ0v) is 11.4.